The van der Waals surface area contributed by atoms with Crippen LogP contribution >= 0.6 is 0 Å². The summed E-state index contributed by atoms with van der Waals surface area (Å²) < 4.78 is 1.64. The zero-order chi connectivity index (χ0) is 15.2. The van der Waals surface area contributed by atoms with Crippen LogP contribution in [-0.2, 0) is 11.3 Å². The van der Waals surface area contributed by atoms with Crippen molar-refractivity contribution in [3.05, 3.63) is 46.5 Å². The summed E-state index contributed by atoms with van der Waals surface area (Å²) in [7, 11) is 0. The molecule has 21 heavy (non-hydrogen) atoms. The Kier molecular flexibility index (Phi) is 4.60. The van der Waals surface area contributed by atoms with Gasteiger partial charge in [-0.2, -0.15) is 5.10 Å². The third kappa shape index (κ3) is 4.10. The van der Waals surface area contributed by atoms with Gasteiger partial charge in [0.1, 0.15) is 12.7 Å². The Labute approximate surface area is 121 Å². The predicted octanol–water partition coefficient (Wildman–Crippen LogP) is 1.91. The van der Waals surface area contributed by atoms with E-state index in [2.05, 4.69) is 15.4 Å². The van der Waals surface area contributed by atoms with Crippen LogP contribution < -0.4 is 5.32 Å². The van der Waals surface area contributed by atoms with Gasteiger partial charge in [-0.1, -0.05) is 6.07 Å². The van der Waals surface area contributed by atoms with E-state index in [9.17, 15) is 14.9 Å². The third-order valence-electron chi connectivity index (χ3n) is 2.96. The van der Waals surface area contributed by atoms with Gasteiger partial charge in [0.25, 0.3) is 5.69 Å². The number of anilines is 1. The van der Waals surface area contributed by atoms with E-state index in [1.54, 1.807) is 24.0 Å². The number of aryl methyl sites for hydroxylation is 2. The summed E-state index contributed by atoms with van der Waals surface area (Å²) in [6, 6.07) is 4.39. The lowest BCUT2D eigenvalue weighted by Gasteiger charge is -2.08. The molecule has 1 amide bonds. The maximum absolute atomic E-state index is 11.8. The zero-order valence-electron chi connectivity index (χ0n) is 11.5. The lowest BCUT2D eigenvalue weighted by atomic mass is 10.1. The maximum atomic E-state index is 11.8. The summed E-state index contributed by atoms with van der Waals surface area (Å²) >= 11 is 0. The molecule has 0 aliphatic heterocycles. The van der Waals surface area contributed by atoms with Gasteiger partial charge < -0.3 is 5.32 Å². The number of nitrogens with one attached hydrogen (secondary N) is 1. The van der Waals surface area contributed by atoms with E-state index in [4.69, 9.17) is 0 Å². The second-order valence-corrected chi connectivity index (χ2v) is 4.57. The van der Waals surface area contributed by atoms with Crippen molar-refractivity contribution in [2.24, 2.45) is 0 Å². The van der Waals surface area contributed by atoms with Gasteiger partial charge in [0.2, 0.25) is 5.91 Å². The molecule has 8 nitrogen and oxygen atoms in total. The van der Waals surface area contributed by atoms with E-state index >= 15 is 0 Å². The minimum absolute atomic E-state index is 0.0430. The van der Waals surface area contributed by atoms with E-state index in [1.165, 1.54) is 18.5 Å². The number of non-ortho nitro benzene ring substituents is 1. The van der Waals surface area contributed by atoms with Crippen LogP contribution in [0, 0.1) is 17.0 Å². The van der Waals surface area contributed by atoms with Crippen molar-refractivity contribution in [3.63, 3.8) is 0 Å². The molecule has 0 aliphatic rings. The molecule has 0 fully saturated rings. The highest BCUT2D eigenvalue weighted by Crippen LogP contribution is 2.22. The second kappa shape index (κ2) is 6.60. The molecule has 0 radical (unpaired) electrons. The summed E-state index contributed by atoms with van der Waals surface area (Å²) in [5.74, 6) is -0.182. The number of nitro groups is 1. The van der Waals surface area contributed by atoms with E-state index in [1.807, 2.05) is 0 Å². The molecule has 2 rings (SSSR count). The SMILES string of the molecule is Cc1ccc([N+](=O)[O-])cc1NC(=O)CCCn1cncn1. The molecule has 1 aromatic heterocycles. The summed E-state index contributed by atoms with van der Waals surface area (Å²) in [5, 5.41) is 17.4. The Morgan fingerprint density at radius 1 is 1.48 bits per heavy atom. The van der Waals surface area contributed by atoms with E-state index in [-0.39, 0.29) is 11.6 Å². The molecule has 0 saturated heterocycles. The number of hydrogen-bond donors (Lipinski definition) is 1. The van der Waals surface area contributed by atoms with Crippen molar-refractivity contribution in [2.45, 2.75) is 26.3 Å². The molecule has 1 N–H and O–H groups in total. The Morgan fingerprint density at radius 3 is 2.95 bits per heavy atom. The number of nitrogens with zero attached hydrogens (tertiary/aromatic N) is 4. The van der Waals surface area contributed by atoms with Gasteiger partial charge >= 0.3 is 0 Å². The van der Waals surface area contributed by atoms with Crippen LogP contribution in [0.5, 0.6) is 0 Å². The van der Waals surface area contributed by atoms with Gasteiger partial charge in [0, 0.05) is 25.1 Å². The number of carbonyl (C=O) groups is 1. The average molecular weight is 289 g/mol. The molecule has 0 atom stereocenters. The zero-order valence-corrected chi connectivity index (χ0v) is 11.5. The van der Waals surface area contributed by atoms with E-state index < -0.39 is 4.92 Å². The van der Waals surface area contributed by atoms with Crippen molar-refractivity contribution in [1.82, 2.24) is 14.8 Å². The number of benzene rings is 1. The average Bonchev–Trinajstić information content (AvgIpc) is 2.94. The fraction of sp³-hybridized carbons (Fsp3) is 0.308. The highest BCUT2D eigenvalue weighted by Gasteiger charge is 2.11. The van der Waals surface area contributed by atoms with Crippen molar-refractivity contribution >= 4 is 17.3 Å². The molecular weight excluding hydrogens is 274 g/mol. The number of aromatic nitrogens is 3. The number of nitro benzene ring substituents is 1. The quantitative estimate of drug-likeness (QED) is 0.646. The fourth-order valence-electron chi connectivity index (χ4n) is 1.82. The van der Waals surface area contributed by atoms with Gasteiger partial charge in [-0.15, -0.1) is 0 Å². The van der Waals surface area contributed by atoms with Gasteiger partial charge in [-0.25, -0.2) is 4.98 Å². The van der Waals surface area contributed by atoms with Gasteiger partial charge in [-0.3, -0.25) is 19.6 Å². The van der Waals surface area contributed by atoms with Crippen LogP contribution in [-0.4, -0.2) is 25.6 Å². The van der Waals surface area contributed by atoms with Gasteiger partial charge in [-0.05, 0) is 18.9 Å². The molecular formula is C13H15N5O3. The molecule has 0 bridgehead atoms. The highest BCUT2D eigenvalue weighted by atomic mass is 16.6. The fourth-order valence-corrected chi connectivity index (χ4v) is 1.82. The maximum Gasteiger partial charge on any atom is 0.271 e. The van der Waals surface area contributed by atoms with Crippen LogP contribution in [0.1, 0.15) is 18.4 Å². The van der Waals surface area contributed by atoms with Crippen LogP contribution in [0.3, 0.4) is 0 Å². The summed E-state index contributed by atoms with van der Waals surface area (Å²) in [6.07, 6.45) is 3.94. The minimum atomic E-state index is -0.486. The van der Waals surface area contributed by atoms with Crippen molar-refractivity contribution < 1.29 is 9.72 Å². The molecule has 0 saturated carbocycles. The molecule has 0 aliphatic carbocycles. The van der Waals surface area contributed by atoms with Crippen molar-refractivity contribution in [3.8, 4) is 0 Å². The number of rotatable bonds is 6. The predicted molar refractivity (Wildman–Crippen MR) is 75.7 cm³/mol. The Hall–Kier alpha value is -2.77. The molecule has 0 spiro atoms. The first kappa shape index (κ1) is 14.6. The molecule has 110 valence electrons. The Morgan fingerprint density at radius 2 is 2.29 bits per heavy atom. The first-order chi connectivity index (χ1) is 10.1. The second-order valence-electron chi connectivity index (χ2n) is 4.57. The summed E-state index contributed by atoms with van der Waals surface area (Å²) in [4.78, 5) is 25.9. The lowest BCUT2D eigenvalue weighted by Crippen LogP contribution is -2.13. The number of amides is 1. The minimum Gasteiger partial charge on any atom is -0.326 e. The third-order valence-corrected chi connectivity index (χ3v) is 2.96. The standard InChI is InChI=1S/C13H15N5O3/c1-10-4-5-11(18(20)21)7-12(10)16-13(19)3-2-6-17-9-14-8-15-17/h4-5,7-9H,2-3,6H2,1H3,(H,16,19). The number of carbonyl (C=O) groups excluding carboxylic acids is 1. The molecule has 2 aromatic rings. The molecule has 1 aromatic carbocycles. The highest BCUT2D eigenvalue weighted by molar-refractivity contribution is 5.91. The Bertz CT molecular complexity index is 639. The van der Waals surface area contributed by atoms with E-state index in [0.29, 0.717) is 25.1 Å². The smallest absolute Gasteiger partial charge is 0.271 e. The molecule has 1 heterocycles. The number of hydrogen-bond acceptors (Lipinski definition) is 5. The molecule has 8 heteroatoms. The summed E-state index contributed by atoms with van der Waals surface area (Å²) in [6.45, 7) is 2.39. The van der Waals surface area contributed by atoms with E-state index in [0.717, 1.165) is 5.56 Å². The normalized spacial score (nSPS) is 10.3. The Balaban J connectivity index is 1.90. The summed E-state index contributed by atoms with van der Waals surface area (Å²) in [5.41, 5.74) is 1.21. The first-order valence-electron chi connectivity index (χ1n) is 6.43. The first-order valence-corrected chi connectivity index (χ1v) is 6.43. The van der Waals surface area contributed by atoms with Gasteiger partial charge in [0.05, 0.1) is 10.6 Å². The lowest BCUT2D eigenvalue weighted by molar-refractivity contribution is -0.384. The van der Waals surface area contributed by atoms with Crippen molar-refractivity contribution in [1.29, 1.82) is 0 Å². The van der Waals surface area contributed by atoms with Crippen LogP contribution in [0.4, 0.5) is 11.4 Å². The van der Waals surface area contributed by atoms with Gasteiger partial charge in [0.15, 0.2) is 0 Å². The van der Waals surface area contributed by atoms with Crippen LogP contribution in [0.2, 0.25) is 0 Å². The molecule has 0 unspecified atom stereocenters. The van der Waals surface area contributed by atoms with Crippen LogP contribution in [0.15, 0.2) is 30.9 Å². The topological polar surface area (TPSA) is 103 Å². The largest absolute Gasteiger partial charge is 0.326 e. The van der Waals surface area contributed by atoms with Crippen molar-refractivity contribution in [2.75, 3.05) is 5.32 Å². The monoisotopic (exact) mass is 289 g/mol. The van der Waals surface area contributed by atoms with Crippen LogP contribution in [0.25, 0.3) is 0 Å².